The Kier molecular flexibility index (Phi) is 6.11. The minimum atomic E-state index is 0.0891. The number of carbonyl (C=O) groups excluding carboxylic acids is 1. The van der Waals surface area contributed by atoms with Gasteiger partial charge in [-0.3, -0.25) is 9.48 Å². The Labute approximate surface area is 190 Å². The van der Waals surface area contributed by atoms with Crippen LogP contribution in [0.25, 0.3) is 10.2 Å². The van der Waals surface area contributed by atoms with Crippen molar-refractivity contribution in [3.8, 4) is 0 Å². The van der Waals surface area contributed by atoms with Crippen LogP contribution in [0.1, 0.15) is 33.2 Å². The lowest BCUT2D eigenvalue weighted by Crippen LogP contribution is -2.39. The number of carbonyl (C=O) groups is 1. The summed E-state index contributed by atoms with van der Waals surface area (Å²) < 4.78 is 3.21. The van der Waals surface area contributed by atoms with Crippen LogP contribution in [0.3, 0.4) is 0 Å². The van der Waals surface area contributed by atoms with Crippen molar-refractivity contribution in [3.05, 3.63) is 58.9 Å². The molecular weight excluding hydrogens is 426 g/mol. The fourth-order valence-electron chi connectivity index (χ4n) is 4.45. The maximum absolute atomic E-state index is 13.3. The van der Waals surface area contributed by atoms with Gasteiger partial charge in [-0.05, 0) is 31.4 Å². The molecule has 3 heterocycles. The molecule has 1 amide bonds. The van der Waals surface area contributed by atoms with Crippen molar-refractivity contribution in [3.63, 3.8) is 0 Å². The first kappa shape index (κ1) is 20.7. The van der Waals surface area contributed by atoms with E-state index in [4.69, 9.17) is 10.1 Å². The Morgan fingerprint density at radius 3 is 2.94 bits per heavy atom. The highest BCUT2D eigenvalue weighted by molar-refractivity contribution is 7.99. The molecule has 6 nitrogen and oxygen atoms in total. The second-order valence-electron chi connectivity index (χ2n) is 8.05. The summed E-state index contributed by atoms with van der Waals surface area (Å²) in [6.45, 7) is 6.90. The fourth-order valence-corrected chi connectivity index (χ4v) is 6.27. The van der Waals surface area contributed by atoms with E-state index in [2.05, 4.69) is 30.1 Å². The van der Waals surface area contributed by atoms with E-state index in [1.54, 1.807) is 11.3 Å². The van der Waals surface area contributed by atoms with Gasteiger partial charge in [0, 0.05) is 48.4 Å². The second kappa shape index (κ2) is 9.14. The molecule has 1 aromatic carbocycles. The zero-order valence-electron chi connectivity index (χ0n) is 17.5. The van der Waals surface area contributed by atoms with Crippen molar-refractivity contribution < 1.29 is 4.79 Å². The molecule has 0 bridgehead atoms. The summed E-state index contributed by atoms with van der Waals surface area (Å²) in [6, 6.07) is 8.59. The first-order chi connectivity index (χ1) is 15.2. The molecule has 3 aromatic rings. The van der Waals surface area contributed by atoms with E-state index in [0.29, 0.717) is 18.3 Å². The fraction of sp³-hybridized carbons (Fsp3) is 0.435. The van der Waals surface area contributed by atoms with Gasteiger partial charge in [0.2, 0.25) is 0 Å². The van der Waals surface area contributed by atoms with E-state index in [9.17, 15) is 4.79 Å². The van der Waals surface area contributed by atoms with E-state index >= 15 is 0 Å². The molecule has 2 aromatic heterocycles. The normalized spacial score (nSPS) is 18.8. The Morgan fingerprint density at radius 1 is 1.29 bits per heavy atom. The van der Waals surface area contributed by atoms with Gasteiger partial charge in [0.05, 0.1) is 16.8 Å². The highest BCUT2D eigenvalue weighted by Gasteiger charge is 2.31. The number of thioether (sulfide) groups is 1. The third-order valence-electron chi connectivity index (χ3n) is 6.03. The van der Waals surface area contributed by atoms with E-state index < -0.39 is 0 Å². The Morgan fingerprint density at radius 2 is 2.13 bits per heavy atom. The summed E-state index contributed by atoms with van der Waals surface area (Å²) in [4.78, 5) is 20.0. The summed E-state index contributed by atoms with van der Waals surface area (Å²) in [7, 11) is 0. The zero-order valence-corrected chi connectivity index (χ0v) is 19.2. The average Bonchev–Trinajstić information content (AvgIpc) is 3.39. The van der Waals surface area contributed by atoms with Gasteiger partial charge in [0.25, 0.3) is 5.91 Å². The number of hydrogen-bond acceptors (Lipinski definition) is 6. The number of nitrogens with one attached hydrogen (secondary N) is 1. The Hall–Kier alpha value is -2.16. The molecule has 1 N–H and O–H groups in total. The number of fused-ring (bicyclic) bond motifs is 2. The van der Waals surface area contributed by atoms with Gasteiger partial charge in [0.15, 0.2) is 5.69 Å². The van der Waals surface area contributed by atoms with Crippen molar-refractivity contribution in [2.24, 2.45) is 0 Å². The van der Waals surface area contributed by atoms with Crippen LogP contribution < -0.4 is 5.32 Å². The molecule has 162 valence electrons. The van der Waals surface area contributed by atoms with Crippen LogP contribution >= 0.6 is 23.1 Å². The lowest BCUT2D eigenvalue weighted by molar-refractivity contribution is 0.0764. The third-order valence-corrected chi connectivity index (χ3v) is 8.01. The summed E-state index contributed by atoms with van der Waals surface area (Å²) in [5.74, 6) is 2.10. The minimum Gasteiger partial charge on any atom is -0.336 e. The average molecular weight is 454 g/mol. The van der Waals surface area contributed by atoms with Crippen molar-refractivity contribution in [2.45, 2.75) is 38.4 Å². The molecule has 1 fully saturated rings. The lowest BCUT2D eigenvalue weighted by atomic mass is 9.91. The smallest absolute Gasteiger partial charge is 0.274 e. The van der Waals surface area contributed by atoms with Gasteiger partial charge >= 0.3 is 0 Å². The van der Waals surface area contributed by atoms with Gasteiger partial charge in [-0.15, -0.1) is 17.9 Å². The number of benzene rings is 1. The maximum Gasteiger partial charge on any atom is 0.274 e. The monoisotopic (exact) mass is 453 g/mol. The topological polar surface area (TPSA) is 63.1 Å². The largest absolute Gasteiger partial charge is 0.336 e. The predicted octanol–water partition coefficient (Wildman–Crippen LogP) is 3.51. The Balaban J connectivity index is 1.33. The van der Waals surface area contributed by atoms with Crippen molar-refractivity contribution in [1.29, 1.82) is 0 Å². The van der Waals surface area contributed by atoms with Crippen LogP contribution in [-0.2, 0) is 25.9 Å². The SMILES string of the molecule is C=CCn1nc(C(=O)N2CCSCC2)c2c1CCC(NCc1nc3ccccc3s1)C2. The summed E-state index contributed by atoms with van der Waals surface area (Å²) in [5.41, 5.74) is 4.04. The van der Waals surface area contributed by atoms with Crippen molar-refractivity contribution >= 4 is 39.2 Å². The number of amides is 1. The van der Waals surface area contributed by atoms with Gasteiger partial charge in [-0.2, -0.15) is 16.9 Å². The van der Waals surface area contributed by atoms with Crippen LogP contribution in [-0.4, -0.2) is 56.2 Å². The standard InChI is InChI=1S/C23H27N5OS2/c1-2-9-28-19-8-7-16(24-15-21-25-18-5-3-4-6-20(18)31-21)14-17(19)22(26-28)23(29)27-10-12-30-13-11-27/h2-6,16,24H,1,7-15H2. The molecule has 31 heavy (non-hydrogen) atoms. The van der Waals surface area contributed by atoms with E-state index in [1.807, 2.05) is 33.5 Å². The molecule has 0 radical (unpaired) electrons. The van der Waals surface area contributed by atoms with Gasteiger partial charge < -0.3 is 10.2 Å². The quantitative estimate of drug-likeness (QED) is 0.579. The molecule has 5 rings (SSSR count). The first-order valence-corrected chi connectivity index (χ1v) is 12.8. The molecule has 1 unspecified atom stereocenters. The zero-order chi connectivity index (χ0) is 21.2. The Bertz CT molecular complexity index is 1070. The molecule has 8 heteroatoms. The predicted molar refractivity (Wildman–Crippen MR) is 128 cm³/mol. The molecule has 1 aliphatic heterocycles. The summed E-state index contributed by atoms with van der Waals surface area (Å²) in [5, 5.41) is 9.54. The molecule has 1 aliphatic carbocycles. The van der Waals surface area contributed by atoms with Gasteiger partial charge in [0.1, 0.15) is 5.01 Å². The van der Waals surface area contributed by atoms with Crippen LogP contribution in [0.5, 0.6) is 0 Å². The van der Waals surface area contributed by atoms with E-state index in [-0.39, 0.29) is 5.91 Å². The minimum absolute atomic E-state index is 0.0891. The third kappa shape index (κ3) is 4.29. The van der Waals surface area contributed by atoms with E-state index in [1.165, 1.54) is 10.4 Å². The number of para-hydroxylation sites is 1. The lowest BCUT2D eigenvalue weighted by Gasteiger charge is -2.27. The number of nitrogens with zero attached hydrogens (tertiary/aromatic N) is 4. The summed E-state index contributed by atoms with van der Waals surface area (Å²) >= 11 is 3.66. The van der Waals surface area contributed by atoms with Crippen LogP contribution in [0.2, 0.25) is 0 Å². The van der Waals surface area contributed by atoms with Gasteiger partial charge in [-0.25, -0.2) is 4.98 Å². The molecule has 0 saturated carbocycles. The number of thiazole rings is 1. The summed E-state index contributed by atoms with van der Waals surface area (Å²) in [6.07, 6.45) is 4.66. The number of allylic oxidation sites excluding steroid dienone is 1. The van der Waals surface area contributed by atoms with Crippen molar-refractivity contribution in [1.82, 2.24) is 25.0 Å². The molecule has 0 spiro atoms. The van der Waals surface area contributed by atoms with Crippen LogP contribution in [0.4, 0.5) is 0 Å². The van der Waals surface area contributed by atoms with Gasteiger partial charge in [-0.1, -0.05) is 18.2 Å². The number of hydrogen-bond donors (Lipinski definition) is 1. The van der Waals surface area contributed by atoms with Crippen molar-refractivity contribution in [2.75, 3.05) is 24.6 Å². The molecule has 1 atom stereocenters. The number of aromatic nitrogens is 3. The first-order valence-electron chi connectivity index (χ1n) is 10.9. The molecular formula is C23H27N5OS2. The second-order valence-corrected chi connectivity index (χ2v) is 10.4. The number of rotatable bonds is 6. The van der Waals surface area contributed by atoms with Crippen LogP contribution in [0, 0.1) is 0 Å². The molecule has 2 aliphatic rings. The highest BCUT2D eigenvalue weighted by atomic mass is 32.2. The van der Waals surface area contributed by atoms with E-state index in [0.717, 1.165) is 66.5 Å². The van der Waals surface area contributed by atoms with Crippen LogP contribution in [0.15, 0.2) is 36.9 Å². The molecule has 1 saturated heterocycles. The maximum atomic E-state index is 13.3. The highest BCUT2D eigenvalue weighted by Crippen LogP contribution is 2.28.